The maximum absolute atomic E-state index is 11.8. The largest absolute Gasteiger partial charge is 0.444 e. The van der Waals surface area contributed by atoms with Gasteiger partial charge < -0.3 is 9.64 Å². The maximum Gasteiger partial charge on any atom is 0.410 e. The lowest BCUT2D eigenvalue weighted by atomic mass is 10.2. The van der Waals surface area contributed by atoms with Crippen LogP contribution in [0, 0.1) is 0 Å². The van der Waals surface area contributed by atoms with Gasteiger partial charge in [0.1, 0.15) is 11.4 Å². The molecule has 0 spiro atoms. The van der Waals surface area contributed by atoms with Crippen molar-refractivity contribution >= 4 is 11.9 Å². The average Bonchev–Trinajstić information content (AvgIpc) is 2.08. The molecule has 0 unspecified atom stereocenters. The van der Waals surface area contributed by atoms with Crippen LogP contribution in [0.3, 0.4) is 0 Å². The molecule has 0 N–H and O–H groups in total. The number of hydrogen-bond donors (Lipinski definition) is 0. The zero-order chi connectivity index (χ0) is 12.8. The van der Waals surface area contributed by atoms with Crippen LogP contribution < -0.4 is 0 Å². The number of ether oxygens (including phenoxy) is 1. The molecule has 0 heterocycles. The van der Waals surface area contributed by atoms with Crippen molar-refractivity contribution in [2.45, 2.75) is 53.1 Å². The van der Waals surface area contributed by atoms with E-state index in [1.54, 1.807) is 4.90 Å². The molecule has 1 amide bonds. The van der Waals surface area contributed by atoms with Gasteiger partial charge in [0.15, 0.2) is 0 Å². The number of nitrogens with zero attached hydrogens (tertiary/aromatic N) is 1. The highest BCUT2D eigenvalue weighted by atomic mass is 16.6. The molecule has 0 atom stereocenters. The Balaban J connectivity index is 4.29. The summed E-state index contributed by atoms with van der Waals surface area (Å²) in [7, 11) is 0. The minimum Gasteiger partial charge on any atom is -0.444 e. The van der Waals surface area contributed by atoms with E-state index in [-0.39, 0.29) is 11.9 Å². The normalized spacial score (nSPS) is 11.1. The third-order valence-electron chi connectivity index (χ3n) is 1.88. The number of ketones is 1. The Morgan fingerprint density at radius 2 is 1.75 bits per heavy atom. The number of carbonyl (C=O) groups excluding carboxylic acids is 2. The Bertz CT molecular complexity index is 243. The minimum atomic E-state index is -0.487. The van der Waals surface area contributed by atoms with E-state index in [9.17, 15) is 9.59 Å². The van der Waals surface area contributed by atoms with Crippen molar-refractivity contribution in [3.05, 3.63) is 0 Å². The van der Waals surface area contributed by atoms with E-state index in [0.29, 0.717) is 19.5 Å². The summed E-state index contributed by atoms with van der Waals surface area (Å²) in [5.74, 6) is 0.0876. The quantitative estimate of drug-likeness (QED) is 0.728. The zero-order valence-electron chi connectivity index (χ0n) is 11.0. The first-order valence-corrected chi connectivity index (χ1v) is 5.73. The van der Waals surface area contributed by atoms with Gasteiger partial charge in [0.25, 0.3) is 0 Å². The molecule has 0 aromatic heterocycles. The van der Waals surface area contributed by atoms with E-state index in [4.69, 9.17) is 4.74 Å². The number of Topliss-reactive ketones (excluding diaryl/α,β-unsaturated/α-hetero) is 1. The van der Waals surface area contributed by atoms with Gasteiger partial charge >= 0.3 is 6.09 Å². The molecule has 0 aliphatic rings. The second kappa shape index (κ2) is 6.51. The van der Waals surface area contributed by atoms with Crippen LogP contribution in [0.2, 0.25) is 0 Å². The Morgan fingerprint density at radius 3 is 2.12 bits per heavy atom. The first-order chi connectivity index (χ1) is 7.26. The fraction of sp³-hybridized carbons (Fsp3) is 0.833. The highest BCUT2D eigenvalue weighted by Gasteiger charge is 2.21. The molecule has 0 fully saturated rings. The van der Waals surface area contributed by atoms with Crippen LogP contribution in [0.1, 0.15) is 47.5 Å². The third kappa shape index (κ3) is 7.26. The fourth-order valence-corrected chi connectivity index (χ4v) is 1.18. The molecule has 0 aromatic rings. The van der Waals surface area contributed by atoms with Crippen LogP contribution in [0.4, 0.5) is 4.79 Å². The topological polar surface area (TPSA) is 46.6 Å². The molecule has 0 aromatic carbocycles. The SMILES string of the molecule is CCCN(CCC(C)=O)C(=O)OC(C)(C)C. The smallest absolute Gasteiger partial charge is 0.410 e. The van der Waals surface area contributed by atoms with Crippen molar-refractivity contribution in [1.82, 2.24) is 4.90 Å². The van der Waals surface area contributed by atoms with Gasteiger partial charge in [-0.1, -0.05) is 6.92 Å². The van der Waals surface area contributed by atoms with Gasteiger partial charge in [0.05, 0.1) is 0 Å². The van der Waals surface area contributed by atoms with Crippen molar-refractivity contribution in [3.63, 3.8) is 0 Å². The number of hydrogen-bond acceptors (Lipinski definition) is 3. The van der Waals surface area contributed by atoms with E-state index in [1.807, 2.05) is 27.7 Å². The van der Waals surface area contributed by atoms with Gasteiger partial charge in [-0.25, -0.2) is 4.79 Å². The predicted molar refractivity (Wildman–Crippen MR) is 63.4 cm³/mol. The summed E-state index contributed by atoms with van der Waals surface area (Å²) >= 11 is 0. The molecule has 94 valence electrons. The van der Waals surface area contributed by atoms with E-state index in [0.717, 1.165) is 6.42 Å². The second-order valence-corrected chi connectivity index (χ2v) is 4.92. The second-order valence-electron chi connectivity index (χ2n) is 4.92. The summed E-state index contributed by atoms with van der Waals surface area (Å²) in [5, 5.41) is 0. The standard InChI is InChI=1S/C12H23NO3/c1-6-8-13(9-7-10(2)14)11(15)16-12(3,4)5/h6-9H2,1-5H3. The highest BCUT2D eigenvalue weighted by Crippen LogP contribution is 2.10. The Labute approximate surface area is 98.0 Å². The summed E-state index contributed by atoms with van der Waals surface area (Å²) in [6, 6.07) is 0. The van der Waals surface area contributed by atoms with E-state index in [1.165, 1.54) is 6.92 Å². The average molecular weight is 229 g/mol. The number of carbonyl (C=O) groups is 2. The fourth-order valence-electron chi connectivity index (χ4n) is 1.18. The van der Waals surface area contributed by atoms with Crippen molar-refractivity contribution in [2.75, 3.05) is 13.1 Å². The van der Waals surface area contributed by atoms with Crippen LogP contribution >= 0.6 is 0 Å². The molecule has 4 nitrogen and oxygen atoms in total. The first-order valence-electron chi connectivity index (χ1n) is 5.73. The summed E-state index contributed by atoms with van der Waals surface area (Å²) in [6.45, 7) is 10.1. The van der Waals surface area contributed by atoms with E-state index >= 15 is 0 Å². The summed E-state index contributed by atoms with van der Waals surface area (Å²) in [5.41, 5.74) is -0.487. The Morgan fingerprint density at radius 1 is 1.19 bits per heavy atom. The molecule has 0 rings (SSSR count). The van der Waals surface area contributed by atoms with Crippen LogP contribution in [-0.4, -0.2) is 35.5 Å². The molecule has 0 radical (unpaired) electrons. The van der Waals surface area contributed by atoms with E-state index in [2.05, 4.69) is 0 Å². The highest BCUT2D eigenvalue weighted by molar-refractivity contribution is 5.76. The molecule has 0 aliphatic heterocycles. The lowest BCUT2D eigenvalue weighted by molar-refractivity contribution is -0.117. The number of amides is 1. The lowest BCUT2D eigenvalue weighted by Gasteiger charge is -2.26. The van der Waals surface area contributed by atoms with Crippen molar-refractivity contribution < 1.29 is 14.3 Å². The van der Waals surface area contributed by atoms with Crippen molar-refractivity contribution in [3.8, 4) is 0 Å². The van der Waals surface area contributed by atoms with Gasteiger partial charge in [-0.2, -0.15) is 0 Å². The van der Waals surface area contributed by atoms with Crippen LogP contribution in [-0.2, 0) is 9.53 Å². The van der Waals surface area contributed by atoms with Crippen molar-refractivity contribution in [1.29, 1.82) is 0 Å². The van der Waals surface area contributed by atoms with Gasteiger partial charge in [-0.15, -0.1) is 0 Å². The number of rotatable bonds is 5. The molecule has 4 heteroatoms. The van der Waals surface area contributed by atoms with Gasteiger partial charge in [-0.05, 0) is 34.1 Å². The van der Waals surface area contributed by atoms with Crippen LogP contribution in [0.25, 0.3) is 0 Å². The Kier molecular flexibility index (Phi) is 6.08. The van der Waals surface area contributed by atoms with E-state index < -0.39 is 5.60 Å². The molecule has 16 heavy (non-hydrogen) atoms. The summed E-state index contributed by atoms with van der Waals surface area (Å²) in [6.07, 6.45) is 0.909. The van der Waals surface area contributed by atoms with Gasteiger partial charge in [0, 0.05) is 19.5 Å². The van der Waals surface area contributed by atoms with Crippen LogP contribution in [0.15, 0.2) is 0 Å². The molecule has 0 bridgehead atoms. The lowest BCUT2D eigenvalue weighted by Crippen LogP contribution is -2.38. The first kappa shape index (κ1) is 14.9. The molecular formula is C12H23NO3. The minimum absolute atomic E-state index is 0.0876. The predicted octanol–water partition coefficient (Wildman–Crippen LogP) is 2.61. The summed E-state index contributed by atoms with van der Waals surface area (Å²) < 4.78 is 5.26. The maximum atomic E-state index is 11.8. The van der Waals surface area contributed by atoms with Gasteiger partial charge in [0.2, 0.25) is 0 Å². The Hall–Kier alpha value is -1.06. The van der Waals surface area contributed by atoms with Crippen molar-refractivity contribution in [2.24, 2.45) is 0 Å². The molecule has 0 saturated heterocycles. The monoisotopic (exact) mass is 229 g/mol. The molecular weight excluding hydrogens is 206 g/mol. The summed E-state index contributed by atoms with van der Waals surface area (Å²) in [4.78, 5) is 24.2. The third-order valence-corrected chi connectivity index (χ3v) is 1.88. The zero-order valence-corrected chi connectivity index (χ0v) is 11.0. The van der Waals surface area contributed by atoms with Gasteiger partial charge in [-0.3, -0.25) is 4.79 Å². The van der Waals surface area contributed by atoms with Crippen LogP contribution in [0.5, 0.6) is 0 Å². The molecule has 0 aliphatic carbocycles. The molecule has 0 saturated carbocycles.